The molecule has 0 fully saturated rings. The van der Waals surface area contributed by atoms with E-state index in [2.05, 4.69) is 8.37 Å². The maximum atomic E-state index is 11.3. The van der Waals surface area contributed by atoms with Crippen LogP contribution >= 0.6 is 0 Å². The molecule has 0 radical (unpaired) electrons. The van der Waals surface area contributed by atoms with Gasteiger partial charge in [0.25, 0.3) is 0 Å². The van der Waals surface area contributed by atoms with Gasteiger partial charge < -0.3 is 19.8 Å². The number of fused-ring (bicyclic) bond motifs is 2. The Morgan fingerprint density at radius 3 is 2.47 bits per heavy atom. The second-order valence-corrected chi connectivity index (χ2v) is 7.55. The van der Waals surface area contributed by atoms with Crippen LogP contribution in [0.1, 0.15) is 5.56 Å². The van der Waals surface area contributed by atoms with Crippen LogP contribution in [0.15, 0.2) is 6.07 Å². The van der Waals surface area contributed by atoms with Gasteiger partial charge in [-0.15, -0.1) is 8.42 Å². The molecular weight excluding hydrogens is 296 g/mol. The van der Waals surface area contributed by atoms with Gasteiger partial charge in [-0.1, -0.05) is 0 Å². The molecule has 1 aliphatic heterocycles. The summed E-state index contributed by atoms with van der Waals surface area (Å²) >= 11 is 0. The van der Waals surface area contributed by atoms with Gasteiger partial charge in [0.1, 0.15) is 15.5 Å². The van der Waals surface area contributed by atoms with Crippen LogP contribution in [-0.4, -0.2) is 28.8 Å². The summed E-state index contributed by atoms with van der Waals surface area (Å²) in [6.45, 7) is 0. The van der Waals surface area contributed by atoms with Crippen molar-refractivity contribution in [3.8, 4) is 11.5 Å². The minimum Gasteiger partial charge on any atom is -0.398 e. The van der Waals surface area contributed by atoms with E-state index in [0.29, 0.717) is 0 Å². The molecule has 1 aromatic rings. The highest BCUT2D eigenvalue weighted by Gasteiger charge is 2.31. The molecule has 0 atom stereocenters. The highest BCUT2D eigenvalue weighted by molar-refractivity contribution is 7.90. The largest absolute Gasteiger partial charge is 0.501 e. The number of rotatable bonds is 3. The van der Waals surface area contributed by atoms with E-state index in [0.717, 1.165) is 6.26 Å². The average Bonchev–Trinajstić information content (AvgIpc) is 2.20. The predicted molar refractivity (Wildman–Crippen MR) is 68.9 cm³/mol. The summed E-state index contributed by atoms with van der Waals surface area (Å²) < 4.78 is 54.1. The molecule has 1 aromatic carbocycles. The number of nitrogen functional groups attached to an aromatic ring is 2. The number of benzene rings is 1. The normalized spacial score (nSPS) is 16.5. The maximum absolute atomic E-state index is 11.3. The van der Waals surface area contributed by atoms with Crippen LogP contribution in [0.3, 0.4) is 0 Å². The molecule has 10 heteroatoms. The molecule has 19 heavy (non-hydrogen) atoms. The van der Waals surface area contributed by atoms with E-state index in [1.165, 1.54) is 6.07 Å². The Morgan fingerprint density at radius 2 is 1.89 bits per heavy atom. The smallest absolute Gasteiger partial charge is 0.398 e. The molecule has 1 heterocycles. The van der Waals surface area contributed by atoms with E-state index in [1.54, 1.807) is 0 Å². The number of hydrogen-bond donors (Lipinski definition) is 2. The van der Waals surface area contributed by atoms with Crippen LogP contribution in [0.5, 0.6) is 11.5 Å². The van der Waals surface area contributed by atoms with Crippen molar-refractivity contribution in [3.63, 3.8) is 0 Å². The van der Waals surface area contributed by atoms with Crippen LogP contribution in [0.25, 0.3) is 0 Å². The SMILES string of the molecule is CS(=O)(=O)CCc1c(N)cc2c(N)c1OS(=O)(=O)O2. The molecule has 0 unspecified atom stereocenters. The quantitative estimate of drug-likeness (QED) is 0.709. The Balaban J connectivity index is 2.50. The van der Waals surface area contributed by atoms with Crippen LogP contribution in [0.4, 0.5) is 11.4 Å². The fourth-order valence-corrected chi connectivity index (χ4v) is 3.01. The summed E-state index contributed by atoms with van der Waals surface area (Å²) in [4.78, 5) is 0. The van der Waals surface area contributed by atoms with Crippen LogP contribution in [0.2, 0.25) is 0 Å². The molecule has 2 bridgehead atoms. The third kappa shape index (κ3) is 2.84. The molecule has 0 saturated heterocycles. The van der Waals surface area contributed by atoms with Gasteiger partial charge in [-0.2, -0.15) is 0 Å². The van der Waals surface area contributed by atoms with Crippen molar-refractivity contribution < 1.29 is 25.2 Å². The first-order valence-corrected chi connectivity index (χ1v) is 8.51. The van der Waals surface area contributed by atoms with Gasteiger partial charge in [0.05, 0.1) is 5.75 Å². The summed E-state index contributed by atoms with van der Waals surface area (Å²) in [5.41, 5.74) is 11.7. The van der Waals surface area contributed by atoms with E-state index in [1.807, 2.05) is 0 Å². The number of sulfone groups is 1. The van der Waals surface area contributed by atoms with Gasteiger partial charge in [-0.05, 0) is 6.42 Å². The average molecular weight is 308 g/mol. The Bertz CT molecular complexity index is 738. The lowest BCUT2D eigenvalue weighted by atomic mass is 10.1. The van der Waals surface area contributed by atoms with Crippen molar-refractivity contribution in [2.45, 2.75) is 6.42 Å². The summed E-state index contributed by atoms with van der Waals surface area (Å²) in [7, 11) is -7.46. The van der Waals surface area contributed by atoms with Gasteiger partial charge in [0.15, 0.2) is 11.5 Å². The number of anilines is 2. The van der Waals surface area contributed by atoms with E-state index in [9.17, 15) is 16.8 Å². The van der Waals surface area contributed by atoms with Crippen molar-refractivity contribution >= 4 is 31.6 Å². The Kier molecular flexibility index (Phi) is 3.01. The summed E-state index contributed by atoms with van der Waals surface area (Å²) in [6, 6.07) is 1.23. The maximum Gasteiger partial charge on any atom is 0.501 e. The zero-order chi connectivity index (χ0) is 14.4. The Morgan fingerprint density at radius 1 is 1.26 bits per heavy atom. The second-order valence-electron chi connectivity index (χ2n) is 4.14. The second kappa shape index (κ2) is 4.17. The van der Waals surface area contributed by atoms with Crippen molar-refractivity contribution in [2.24, 2.45) is 0 Å². The van der Waals surface area contributed by atoms with Crippen LogP contribution in [0, 0.1) is 0 Å². The molecule has 8 nitrogen and oxygen atoms in total. The predicted octanol–water partition coefficient (Wildman–Crippen LogP) is -0.546. The minimum absolute atomic E-state index is 0.000000000000000222. The fraction of sp³-hybridized carbons (Fsp3) is 0.333. The van der Waals surface area contributed by atoms with Crippen molar-refractivity contribution in [1.82, 2.24) is 0 Å². The Hall–Kier alpha value is -1.68. The van der Waals surface area contributed by atoms with E-state index in [4.69, 9.17) is 11.5 Å². The van der Waals surface area contributed by atoms with Crippen molar-refractivity contribution in [2.75, 3.05) is 23.5 Å². The van der Waals surface area contributed by atoms with E-state index >= 15 is 0 Å². The third-order valence-corrected chi connectivity index (χ3v) is 4.22. The first-order valence-electron chi connectivity index (χ1n) is 5.11. The highest BCUT2D eigenvalue weighted by Crippen LogP contribution is 2.44. The molecule has 0 saturated carbocycles. The highest BCUT2D eigenvalue weighted by atomic mass is 32.3. The molecule has 0 amide bonds. The lowest BCUT2D eigenvalue weighted by molar-refractivity contribution is 0.379. The Labute approximate surface area is 110 Å². The monoisotopic (exact) mass is 308 g/mol. The lowest BCUT2D eigenvalue weighted by Gasteiger charge is -2.22. The van der Waals surface area contributed by atoms with Crippen LogP contribution in [-0.2, 0) is 26.7 Å². The van der Waals surface area contributed by atoms with E-state index < -0.39 is 20.2 Å². The molecular formula is C9H12N2O6S2. The molecule has 106 valence electrons. The first kappa shape index (κ1) is 13.7. The topological polar surface area (TPSA) is 139 Å². The van der Waals surface area contributed by atoms with Crippen molar-refractivity contribution in [3.05, 3.63) is 11.6 Å². The number of nitrogens with two attached hydrogens (primary N) is 2. The molecule has 4 N–H and O–H groups in total. The summed E-state index contributed by atoms with van der Waals surface area (Å²) in [5, 5.41) is 0. The van der Waals surface area contributed by atoms with Gasteiger partial charge in [0, 0.05) is 23.6 Å². The first-order chi connectivity index (χ1) is 8.59. The van der Waals surface area contributed by atoms with Gasteiger partial charge in [0.2, 0.25) is 0 Å². The zero-order valence-electron chi connectivity index (χ0n) is 9.91. The lowest BCUT2D eigenvalue weighted by Crippen LogP contribution is -2.24. The summed E-state index contributed by atoms with van der Waals surface area (Å²) in [5.74, 6) is -0.487. The van der Waals surface area contributed by atoms with Crippen LogP contribution < -0.4 is 19.8 Å². The standard InChI is InChI=1S/C9H12N2O6S2/c1-18(12,13)3-2-5-6(10)4-7-8(11)9(5)17-19(14,15)16-7/h4H,2-3,10-11H2,1H3. The van der Waals surface area contributed by atoms with Gasteiger partial charge in [-0.25, -0.2) is 8.42 Å². The molecule has 1 aliphatic rings. The fourth-order valence-electron chi connectivity index (χ4n) is 1.65. The molecule has 0 aliphatic carbocycles. The van der Waals surface area contributed by atoms with E-state index in [-0.39, 0.29) is 40.6 Å². The minimum atomic E-state index is -4.23. The van der Waals surface area contributed by atoms with Gasteiger partial charge in [-0.3, -0.25) is 0 Å². The van der Waals surface area contributed by atoms with Crippen molar-refractivity contribution in [1.29, 1.82) is 0 Å². The molecule has 0 aromatic heterocycles. The summed E-state index contributed by atoms with van der Waals surface area (Å²) in [6.07, 6.45) is 1.06. The number of hydrogen-bond acceptors (Lipinski definition) is 8. The molecule has 0 spiro atoms. The third-order valence-electron chi connectivity index (χ3n) is 2.52. The van der Waals surface area contributed by atoms with Gasteiger partial charge >= 0.3 is 10.4 Å². The zero-order valence-corrected chi connectivity index (χ0v) is 11.5. The molecule has 2 rings (SSSR count).